The molecule has 76 heavy (non-hydrogen) atoms. The number of ether oxygens (including phenoxy) is 5. The molecular formula is C47H80F14O14S. The zero-order valence-electron chi connectivity index (χ0n) is 45.4. The Hall–Kier alpha value is -3.31. The molecule has 1 rings (SSSR count). The number of aliphatic hydroxyl groups is 2. The summed E-state index contributed by atoms with van der Waals surface area (Å²) in [5.41, 5.74) is -14.2. The van der Waals surface area contributed by atoms with E-state index in [1.165, 1.54) is 69.2 Å². The van der Waals surface area contributed by atoms with Crippen molar-refractivity contribution in [3.63, 3.8) is 0 Å². The van der Waals surface area contributed by atoms with Gasteiger partial charge in [0.25, 0.3) is 15.7 Å². The molecule has 1 fully saturated rings. The molecule has 0 aliphatic carbocycles. The van der Waals surface area contributed by atoms with Crippen molar-refractivity contribution in [3.8, 4) is 0 Å². The summed E-state index contributed by atoms with van der Waals surface area (Å²) in [6, 6.07) is 0. The van der Waals surface area contributed by atoms with Gasteiger partial charge in [-0.25, -0.2) is 0 Å². The van der Waals surface area contributed by atoms with Crippen LogP contribution in [0.1, 0.15) is 171 Å². The molecule has 0 aromatic rings. The predicted molar refractivity (Wildman–Crippen MR) is 249 cm³/mol. The summed E-state index contributed by atoms with van der Waals surface area (Å²) in [4.78, 5) is 47.3. The molecule has 0 aromatic heterocycles. The molecule has 0 radical (unpaired) electrons. The Morgan fingerprint density at radius 2 is 1.00 bits per heavy atom. The zero-order chi connectivity index (χ0) is 61.2. The fourth-order valence-electron chi connectivity index (χ4n) is 5.13. The monoisotopic (exact) mass is 1170 g/mol. The molecule has 1 aliphatic heterocycles. The van der Waals surface area contributed by atoms with Gasteiger partial charge >= 0.3 is 60.3 Å². The second-order valence-corrected chi connectivity index (χ2v) is 22.9. The van der Waals surface area contributed by atoms with Crippen molar-refractivity contribution in [1.29, 1.82) is 0 Å². The minimum atomic E-state index is -6.04. The molecule has 456 valence electrons. The lowest BCUT2D eigenvalue weighted by atomic mass is 9.87. The third kappa shape index (κ3) is 20.4. The first kappa shape index (κ1) is 79.2. The summed E-state index contributed by atoms with van der Waals surface area (Å²) in [6.45, 7) is 23.3. The van der Waals surface area contributed by atoms with E-state index in [0.717, 1.165) is 0 Å². The molecule has 3 N–H and O–H groups in total. The van der Waals surface area contributed by atoms with Gasteiger partial charge in [0.1, 0.15) is 12.2 Å². The third-order valence-electron chi connectivity index (χ3n) is 12.3. The van der Waals surface area contributed by atoms with E-state index in [-0.39, 0.29) is 20.3 Å². The van der Waals surface area contributed by atoms with Crippen molar-refractivity contribution in [3.05, 3.63) is 0 Å². The smallest absolute Gasteiger partial charge is 0.462 e. The van der Waals surface area contributed by atoms with Gasteiger partial charge < -0.3 is 33.9 Å². The minimum Gasteiger partial charge on any atom is -0.462 e. The Kier molecular flexibility index (Phi) is 28.9. The molecule has 1 aliphatic rings. The minimum absolute atomic E-state index is 0. The van der Waals surface area contributed by atoms with E-state index >= 15 is 0 Å². The fourth-order valence-corrected chi connectivity index (χ4v) is 5.55. The van der Waals surface area contributed by atoms with Crippen LogP contribution in [0.2, 0.25) is 0 Å². The second kappa shape index (κ2) is 27.7. The van der Waals surface area contributed by atoms with Gasteiger partial charge in [-0.05, 0) is 107 Å². The highest BCUT2D eigenvalue weighted by Crippen LogP contribution is 2.57. The normalized spacial score (nSPS) is 20.6. The molecule has 0 bridgehead atoms. The highest BCUT2D eigenvalue weighted by Gasteiger charge is 2.86. The number of hydrogen-bond donors (Lipinski definition) is 3. The average Bonchev–Trinajstić information content (AvgIpc) is 3.41. The summed E-state index contributed by atoms with van der Waals surface area (Å²) >= 11 is 0. The Labute approximate surface area is 436 Å². The Morgan fingerprint density at radius 1 is 0.632 bits per heavy atom. The number of esters is 4. The lowest BCUT2D eigenvalue weighted by Gasteiger charge is -2.39. The molecule has 0 saturated carbocycles. The van der Waals surface area contributed by atoms with Crippen LogP contribution in [0.5, 0.6) is 0 Å². The van der Waals surface area contributed by atoms with Crippen LogP contribution in [-0.4, -0.2) is 124 Å². The van der Waals surface area contributed by atoms with Crippen molar-refractivity contribution >= 4 is 34.0 Å². The van der Waals surface area contributed by atoms with Crippen LogP contribution in [0.15, 0.2) is 0 Å². The number of rotatable bonds is 18. The highest BCUT2D eigenvalue weighted by atomic mass is 32.2. The van der Waals surface area contributed by atoms with Gasteiger partial charge in [-0.3, -0.25) is 23.7 Å². The largest absolute Gasteiger partial charge is 0.462 e. The first-order valence-electron chi connectivity index (χ1n) is 23.4. The Balaban J connectivity index is -0.000000479. The Bertz CT molecular complexity index is 1950. The summed E-state index contributed by atoms with van der Waals surface area (Å²) < 4.78 is 236. The maximum Gasteiger partial charge on any atom is 0.462 e. The first-order chi connectivity index (χ1) is 32.8. The van der Waals surface area contributed by atoms with Crippen LogP contribution in [0.25, 0.3) is 0 Å². The molecule has 1 saturated heterocycles. The van der Waals surface area contributed by atoms with Crippen LogP contribution in [-0.2, 0) is 53.0 Å². The molecule has 6 atom stereocenters. The van der Waals surface area contributed by atoms with Crippen molar-refractivity contribution in [2.45, 2.75) is 241 Å². The van der Waals surface area contributed by atoms with Gasteiger partial charge in [0.05, 0.1) is 34.0 Å². The number of halogens is 14. The van der Waals surface area contributed by atoms with Crippen LogP contribution in [0.3, 0.4) is 0 Å². The second-order valence-electron chi connectivity index (χ2n) is 21.1. The maximum atomic E-state index is 14.9. The van der Waals surface area contributed by atoms with Gasteiger partial charge in [0, 0.05) is 6.42 Å². The quantitative estimate of drug-likeness (QED) is 0.0505. The van der Waals surface area contributed by atoms with Crippen LogP contribution >= 0.6 is 0 Å². The van der Waals surface area contributed by atoms with Crippen LogP contribution < -0.4 is 0 Å². The Morgan fingerprint density at radius 3 is 1.28 bits per heavy atom. The molecule has 0 aromatic carbocycles. The van der Waals surface area contributed by atoms with E-state index in [0.29, 0.717) is 26.7 Å². The van der Waals surface area contributed by atoms with Gasteiger partial charge in [-0.15, -0.1) is 0 Å². The number of hydrogen-bond acceptors (Lipinski definition) is 13. The van der Waals surface area contributed by atoms with Crippen LogP contribution in [0, 0.1) is 28.1 Å². The lowest BCUT2D eigenvalue weighted by Crippen LogP contribution is -2.65. The van der Waals surface area contributed by atoms with E-state index in [4.69, 9.17) is 14.0 Å². The lowest BCUT2D eigenvalue weighted by molar-refractivity contribution is -0.410. The van der Waals surface area contributed by atoms with Crippen molar-refractivity contribution in [2.75, 3.05) is 6.61 Å². The molecule has 1 heterocycles. The zero-order valence-corrected chi connectivity index (χ0v) is 46.2. The maximum absolute atomic E-state index is 14.9. The van der Waals surface area contributed by atoms with Crippen molar-refractivity contribution in [2.24, 2.45) is 28.1 Å². The number of carbonyl (C=O) groups excluding carboxylic acids is 4. The SMILES string of the molecule is C.CCC(C)(C)C(=O)OC(C)CC(C)(O)C(F)(F)F.CCC(C)(C)C(=O)OC(CC(C)C)C(O)(C(F)(F)F)C(F)(F)F.CCC(C)(C)C(=O)OC1(C)COC(OC(=O)C(C)C)(C(F)(F)F)C1(F)F.CCC(C)S(=O)(=O)O. The van der Waals surface area contributed by atoms with Gasteiger partial charge in [0.15, 0.2) is 5.60 Å². The average molecular weight is 1170 g/mol. The molecule has 0 spiro atoms. The molecule has 6 unspecified atom stereocenters. The molecule has 29 heteroatoms. The first-order valence-corrected chi connectivity index (χ1v) is 24.9. The summed E-state index contributed by atoms with van der Waals surface area (Å²) in [6.07, 6.45) is -26.5. The van der Waals surface area contributed by atoms with E-state index in [2.05, 4.69) is 14.2 Å². The van der Waals surface area contributed by atoms with Gasteiger partial charge in [-0.2, -0.15) is 69.9 Å². The topological polar surface area (TPSA) is 209 Å². The van der Waals surface area contributed by atoms with Gasteiger partial charge in [0.2, 0.25) is 5.60 Å². The van der Waals surface area contributed by atoms with E-state index in [1.807, 2.05) is 0 Å². The molecule has 14 nitrogen and oxygen atoms in total. The van der Waals surface area contributed by atoms with E-state index in [9.17, 15) is 99.3 Å². The molecular weight excluding hydrogens is 1090 g/mol. The number of alkyl halides is 14. The number of carbonyl (C=O) groups is 4. The summed E-state index contributed by atoms with van der Waals surface area (Å²) in [5, 5.41) is 18.1. The van der Waals surface area contributed by atoms with Crippen molar-refractivity contribution < 1.29 is 128 Å². The highest BCUT2D eigenvalue weighted by molar-refractivity contribution is 7.86. The molecule has 0 amide bonds. The fraction of sp³-hybridized carbons (Fsp3) is 0.915. The van der Waals surface area contributed by atoms with Crippen LogP contribution in [0.4, 0.5) is 61.5 Å². The predicted octanol–water partition coefficient (Wildman–Crippen LogP) is 12.5. The standard InChI is InChI=1S/C16H23F5O5.C14H22F6O3.C12H21F3O3.C4H10O3S.CH4/c1-7-12(4,5)11(23)26-13(6)8-24-15(14(13,17)18,16(19,20)21)25-10(22)9(2)3;1-6-11(4,5)10(21)23-9(7-8(2)3)12(22,13(15,16)17)14(18,19)20;1-6-10(3,4)9(16)18-8(2)7-11(5,17)12(13,14)15;1-3-4(2)8(5,6)7;/h9H,7-8H2,1-6H3;8-9,22H,6-7H2,1-5H3;8,17H,6-7H2,1-5H3;4H,3H2,1-2H3,(H,5,6,7);1H4. The summed E-state index contributed by atoms with van der Waals surface area (Å²) in [5.74, 6) is -15.6. The van der Waals surface area contributed by atoms with E-state index in [1.54, 1.807) is 41.5 Å². The van der Waals surface area contributed by atoms with Crippen molar-refractivity contribution in [1.82, 2.24) is 0 Å². The van der Waals surface area contributed by atoms with Gasteiger partial charge in [-0.1, -0.05) is 62.8 Å². The van der Waals surface area contributed by atoms with E-state index < -0.39 is 152 Å². The summed E-state index contributed by atoms with van der Waals surface area (Å²) in [7, 11) is -3.75. The third-order valence-corrected chi connectivity index (χ3v) is 13.6.